The summed E-state index contributed by atoms with van der Waals surface area (Å²) >= 11 is 0. The number of rotatable bonds is 4. The van der Waals surface area contributed by atoms with Crippen LogP contribution in [0.15, 0.2) is 24.3 Å². The van der Waals surface area contributed by atoms with Crippen molar-refractivity contribution in [1.29, 1.82) is 0 Å². The molecule has 1 N–H and O–H groups in total. The molecule has 1 aliphatic heterocycles. The van der Waals surface area contributed by atoms with Gasteiger partial charge in [0.2, 0.25) is 5.91 Å². The van der Waals surface area contributed by atoms with Crippen LogP contribution in [0.25, 0.3) is 0 Å². The summed E-state index contributed by atoms with van der Waals surface area (Å²) in [4.78, 5) is 16.0. The van der Waals surface area contributed by atoms with Crippen molar-refractivity contribution in [2.45, 2.75) is 19.9 Å². The molecule has 5 heteroatoms. The molecule has 0 atom stereocenters. The van der Waals surface area contributed by atoms with E-state index in [1.54, 1.807) is 12.1 Å². The highest BCUT2D eigenvalue weighted by Crippen LogP contribution is 2.16. The first-order valence-electron chi connectivity index (χ1n) is 7.08. The number of halogens is 1. The Kier molecular flexibility index (Phi) is 4.95. The lowest BCUT2D eigenvalue weighted by Gasteiger charge is -2.36. The molecule has 0 aromatic heterocycles. The summed E-state index contributed by atoms with van der Waals surface area (Å²) in [7, 11) is 0. The molecular weight excluding hydrogens is 257 g/mol. The number of nitrogens with one attached hydrogen (secondary N) is 1. The van der Waals surface area contributed by atoms with Crippen LogP contribution in [0.2, 0.25) is 0 Å². The molecule has 4 nitrogen and oxygen atoms in total. The first-order chi connectivity index (χ1) is 9.56. The minimum absolute atomic E-state index is 0.150. The van der Waals surface area contributed by atoms with E-state index in [0.717, 1.165) is 31.9 Å². The van der Waals surface area contributed by atoms with Gasteiger partial charge in [0.15, 0.2) is 0 Å². The molecule has 1 heterocycles. The first kappa shape index (κ1) is 14.8. The van der Waals surface area contributed by atoms with E-state index >= 15 is 0 Å². The monoisotopic (exact) mass is 279 g/mol. The fourth-order valence-electron chi connectivity index (χ4n) is 2.27. The highest BCUT2D eigenvalue weighted by molar-refractivity contribution is 5.78. The Morgan fingerprint density at radius 2 is 1.80 bits per heavy atom. The fourth-order valence-corrected chi connectivity index (χ4v) is 2.27. The van der Waals surface area contributed by atoms with E-state index in [2.05, 4.69) is 10.2 Å². The summed E-state index contributed by atoms with van der Waals surface area (Å²) in [6, 6.07) is 6.83. The Balaban J connectivity index is 1.83. The zero-order chi connectivity index (χ0) is 14.5. The molecule has 0 bridgehead atoms. The molecule has 1 amide bonds. The van der Waals surface area contributed by atoms with E-state index in [0.29, 0.717) is 12.6 Å². The Bertz CT molecular complexity index is 439. The number of nitrogens with zero attached hydrogens (tertiary/aromatic N) is 2. The number of amides is 1. The van der Waals surface area contributed by atoms with Gasteiger partial charge in [-0.2, -0.15) is 0 Å². The van der Waals surface area contributed by atoms with Gasteiger partial charge in [0.25, 0.3) is 0 Å². The predicted molar refractivity (Wildman–Crippen MR) is 78.3 cm³/mol. The lowest BCUT2D eigenvalue weighted by Crippen LogP contribution is -2.51. The van der Waals surface area contributed by atoms with Gasteiger partial charge in [-0.1, -0.05) is 13.8 Å². The van der Waals surface area contributed by atoms with Crippen molar-refractivity contribution in [3.05, 3.63) is 30.1 Å². The normalized spacial score (nSPS) is 15.8. The number of carbonyl (C=O) groups is 1. The van der Waals surface area contributed by atoms with Gasteiger partial charge in [-0.3, -0.25) is 4.79 Å². The number of hydrogen-bond donors (Lipinski definition) is 1. The maximum Gasteiger partial charge on any atom is 0.236 e. The van der Waals surface area contributed by atoms with Crippen LogP contribution in [0.4, 0.5) is 10.1 Å². The van der Waals surface area contributed by atoms with Crippen LogP contribution in [0.3, 0.4) is 0 Å². The molecule has 1 fully saturated rings. The molecule has 0 aliphatic carbocycles. The van der Waals surface area contributed by atoms with Gasteiger partial charge in [-0.25, -0.2) is 4.39 Å². The number of benzene rings is 1. The third-order valence-corrected chi connectivity index (χ3v) is 3.49. The van der Waals surface area contributed by atoms with E-state index in [1.165, 1.54) is 12.1 Å². The zero-order valence-electron chi connectivity index (χ0n) is 12.1. The van der Waals surface area contributed by atoms with Crippen LogP contribution in [0.5, 0.6) is 0 Å². The molecule has 0 spiro atoms. The molecule has 1 saturated heterocycles. The summed E-state index contributed by atoms with van der Waals surface area (Å²) in [5, 5.41) is 3.15. The molecule has 0 radical (unpaired) electrons. The standard InChI is InChI=1S/C15H22FN3O/c1-12(2)17-11-15(20)19-9-7-18(8-10-19)14-5-3-13(16)4-6-14/h3-6,12,17H,7-11H2,1-2H3. The average molecular weight is 279 g/mol. The van der Waals surface area contributed by atoms with Gasteiger partial charge in [-0.05, 0) is 24.3 Å². The average Bonchev–Trinajstić information content (AvgIpc) is 2.46. The van der Waals surface area contributed by atoms with E-state index in [9.17, 15) is 9.18 Å². The van der Waals surface area contributed by atoms with Crippen LogP contribution in [-0.2, 0) is 4.79 Å². The second-order valence-corrected chi connectivity index (χ2v) is 5.38. The van der Waals surface area contributed by atoms with Gasteiger partial charge >= 0.3 is 0 Å². The zero-order valence-corrected chi connectivity index (χ0v) is 12.1. The first-order valence-corrected chi connectivity index (χ1v) is 7.08. The summed E-state index contributed by atoms with van der Waals surface area (Å²) in [5.41, 5.74) is 1.01. The number of hydrogen-bond acceptors (Lipinski definition) is 3. The highest BCUT2D eigenvalue weighted by atomic mass is 19.1. The Labute approximate surface area is 119 Å². The number of piperazine rings is 1. The molecular formula is C15H22FN3O. The van der Waals surface area contributed by atoms with Crippen molar-refractivity contribution in [3.8, 4) is 0 Å². The fraction of sp³-hybridized carbons (Fsp3) is 0.533. The van der Waals surface area contributed by atoms with E-state index in [-0.39, 0.29) is 11.7 Å². The predicted octanol–water partition coefficient (Wildman–Crippen LogP) is 1.47. The van der Waals surface area contributed by atoms with Crippen LogP contribution in [0, 0.1) is 5.82 Å². The molecule has 0 saturated carbocycles. The minimum atomic E-state index is -0.220. The van der Waals surface area contributed by atoms with E-state index in [1.807, 2.05) is 18.7 Å². The van der Waals surface area contributed by atoms with Crippen molar-refractivity contribution in [1.82, 2.24) is 10.2 Å². The molecule has 2 rings (SSSR count). The number of carbonyl (C=O) groups excluding carboxylic acids is 1. The summed E-state index contributed by atoms with van der Waals surface area (Å²) < 4.78 is 12.9. The molecule has 1 aromatic rings. The topological polar surface area (TPSA) is 35.6 Å². The van der Waals surface area contributed by atoms with Gasteiger partial charge in [0.05, 0.1) is 6.54 Å². The molecule has 0 unspecified atom stereocenters. The van der Waals surface area contributed by atoms with Gasteiger partial charge in [0, 0.05) is 37.9 Å². The third kappa shape index (κ3) is 3.93. The Morgan fingerprint density at radius 1 is 1.20 bits per heavy atom. The van der Waals surface area contributed by atoms with Crippen molar-refractivity contribution < 1.29 is 9.18 Å². The van der Waals surface area contributed by atoms with Crippen LogP contribution >= 0.6 is 0 Å². The Morgan fingerprint density at radius 3 is 2.35 bits per heavy atom. The number of anilines is 1. The van der Waals surface area contributed by atoms with Gasteiger partial charge < -0.3 is 15.1 Å². The molecule has 1 aliphatic rings. The lowest BCUT2D eigenvalue weighted by molar-refractivity contribution is -0.130. The summed E-state index contributed by atoms with van der Waals surface area (Å²) in [6.07, 6.45) is 0. The highest BCUT2D eigenvalue weighted by Gasteiger charge is 2.21. The second-order valence-electron chi connectivity index (χ2n) is 5.38. The second kappa shape index (κ2) is 6.70. The van der Waals surface area contributed by atoms with E-state index < -0.39 is 0 Å². The summed E-state index contributed by atoms with van der Waals surface area (Å²) in [5.74, 6) is -0.0696. The van der Waals surface area contributed by atoms with Gasteiger partial charge in [-0.15, -0.1) is 0 Å². The van der Waals surface area contributed by atoms with Crippen molar-refractivity contribution in [2.24, 2.45) is 0 Å². The van der Waals surface area contributed by atoms with Crippen molar-refractivity contribution in [2.75, 3.05) is 37.6 Å². The van der Waals surface area contributed by atoms with Crippen LogP contribution in [0.1, 0.15) is 13.8 Å². The maximum atomic E-state index is 12.9. The SMILES string of the molecule is CC(C)NCC(=O)N1CCN(c2ccc(F)cc2)CC1. The quantitative estimate of drug-likeness (QED) is 0.906. The minimum Gasteiger partial charge on any atom is -0.368 e. The Hall–Kier alpha value is -1.62. The third-order valence-electron chi connectivity index (χ3n) is 3.49. The van der Waals surface area contributed by atoms with Crippen LogP contribution in [-0.4, -0.2) is 49.6 Å². The maximum absolute atomic E-state index is 12.9. The van der Waals surface area contributed by atoms with Crippen molar-refractivity contribution >= 4 is 11.6 Å². The molecule has 20 heavy (non-hydrogen) atoms. The van der Waals surface area contributed by atoms with Crippen LogP contribution < -0.4 is 10.2 Å². The summed E-state index contributed by atoms with van der Waals surface area (Å²) in [6.45, 7) is 7.47. The van der Waals surface area contributed by atoms with E-state index in [4.69, 9.17) is 0 Å². The van der Waals surface area contributed by atoms with Gasteiger partial charge in [0.1, 0.15) is 5.82 Å². The lowest BCUT2D eigenvalue weighted by atomic mass is 10.2. The smallest absolute Gasteiger partial charge is 0.236 e. The van der Waals surface area contributed by atoms with Crippen molar-refractivity contribution in [3.63, 3.8) is 0 Å². The largest absolute Gasteiger partial charge is 0.368 e. The molecule has 110 valence electrons. The molecule has 1 aromatic carbocycles.